The molecule has 0 aliphatic carbocycles. The third-order valence-electron chi connectivity index (χ3n) is 3.16. The second-order valence-corrected chi connectivity index (χ2v) is 5.37. The number of hydrogen-bond acceptors (Lipinski definition) is 3. The molecule has 1 aromatic carbocycles. The summed E-state index contributed by atoms with van der Waals surface area (Å²) in [6.07, 6.45) is 1.54. The van der Waals surface area contributed by atoms with Crippen molar-refractivity contribution >= 4 is 15.9 Å². The van der Waals surface area contributed by atoms with Crippen LogP contribution in [-0.4, -0.2) is 23.2 Å². The van der Waals surface area contributed by atoms with E-state index < -0.39 is 5.41 Å². The highest BCUT2D eigenvalue weighted by Crippen LogP contribution is 2.32. The topological polar surface area (TPSA) is 61.7 Å². The van der Waals surface area contributed by atoms with E-state index in [1.165, 1.54) is 12.3 Å². The molecule has 0 unspecified atom stereocenters. The Morgan fingerprint density at radius 2 is 2.26 bits per heavy atom. The number of H-pyrrole nitrogens is 1. The highest BCUT2D eigenvalue weighted by atomic mass is 79.9. The van der Waals surface area contributed by atoms with Crippen molar-refractivity contribution in [3.63, 3.8) is 0 Å². The maximum Gasteiger partial charge on any atom is 0.161 e. The first-order chi connectivity index (χ1) is 9.14. The number of benzene rings is 1. The van der Waals surface area contributed by atoms with Crippen LogP contribution in [0.25, 0.3) is 11.3 Å². The van der Waals surface area contributed by atoms with Gasteiger partial charge in [-0.3, -0.25) is 0 Å². The van der Waals surface area contributed by atoms with Gasteiger partial charge in [0.2, 0.25) is 0 Å². The van der Waals surface area contributed by atoms with Gasteiger partial charge in [-0.1, -0.05) is 15.9 Å². The molecular formula is C13H9BrFN3O. The van der Waals surface area contributed by atoms with E-state index in [-0.39, 0.29) is 5.82 Å². The maximum absolute atomic E-state index is 13.8. The molecule has 1 aromatic heterocycles. The average Bonchev–Trinajstić information content (AvgIpc) is 2.81. The summed E-state index contributed by atoms with van der Waals surface area (Å²) in [5, 5.41) is 9.20. The predicted molar refractivity (Wildman–Crippen MR) is 69.8 cm³/mol. The van der Waals surface area contributed by atoms with Crippen LogP contribution in [0.4, 0.5) is 4.39 Å². The zero-order valence-corrected chi connectivity index (χ0v) is 11.4. The molecule has 1 N–H and O–H groups in total. The minimum atomic E-state index is -0.721. The number of nitriles is 1. The molecule has 1 aliphatic heterocycles. The number of nitrogens with one attached hydrogen (secondary N) is 1. The first kappa shape index (κ1) is 12.3. The smallest absolute Gasteiger partial charge is 0.161 e. The van der Waals surface area contributed by atoms with Crippen molar-refractivity contribution in [2.45, 2.75) is 5.41 Å². The second kappa shape index (κ2) is 4.44. The molecule has 0 radical (unpaired) electrons. The minimum Gasteiger partial charge on any atom is -0.377 e. The van der Waals surface area contributed by atoms with Gasteiger partial charge >= 0.3 is 0 Å². The SMILES string of the molecule is N#CC1(c2ncc(-c3cc(Br)ccc3F)[nH]2)COC1. The lowest BCUT2D eigenvalue weighted by atomic mass is 9.87. The molecule has 0 saturated carbocycles. The van der Waals surface area contributed by atoms with E-state index in [1.807, 2.05) is 0 Å². The summed E-state index contributed by atoms with van der Waals surface area (Å²) in [6.45, 7) is 0.634. The zero-order chi connectivity index (χ0) is 13.5. The van der Waals surface area contributed by atoms with E-state index >= 15 is 0 Å². The van der Waals surface area contributed by atoms with Gasteiger partial charge in [-0.05, 0) is 18.2 Å². The van der Waals surface area contributed by atoms with Crippen LogP contribution in [0.15, 0.2) is 28.9 Å². The lowest BCUT2D eigenvalue weighted by molar-refractivity contribution is -0.0335. The Morgan fingerprint density at radius 1 is 1.47 bits per heavy atom. The van der Waals surface area contributed by atoms with Crippen molar-refractivity contribution in [2.24, 2.45) is 0 Å². The summed E-state index contributed by atoms with van der Waals surface area (Å²) in [6, 6.07) is 6.88. The van der Waals surface area contributed by atoms with E-state index in [0.717, 1.165) is 4.47 Å². The first-order valence-corrected chi connectivity index (χ1v) is 6.44. The van der Waals surface area contributed by atoms with Crippen molar-refractivity contribution in [3.8, 4) is 17.3 Å². The van der Waals surface area contributed by atoms with Gasteiger partial charge in [0.1, 0.15) is 11.6 Å². The Labute approximate surface area is 117 Å². The van der Waals surface area contributed by atoms with Gasteiger partial charge in [-0.2, -0.15) is 5.26 Å². The lowest BCUT2D eigenvalue weighted by Gasteiger charge is -2.32. The Morgan fingerprint density at radius 3 is 2.89 bits per heavy atom. The molecule has 2 heterocycles. The fraction of sp³-hybridized carbons (Fsp3) is 0.231. The highest BCUT2D eigenvalue weighted by Gasteiger charge is 2.43. The summed E-state index contributed by atoms with van der Waals surface area (Å²) < 4.78 is 19.6. The van der Waals surface area contributed by atoms with Gasteiger partial charge in [0.25, 0.3) is 0 Å². The van der Waals surface area contributed by atoms with Gasteiger partial charge in [-0.25, -0.2) is 9.37 Å². The number of aromatic amines is 1. The summed E-state index contributed by atoms with van der Waals surface area (Å²) in [4.78, 5) is 7.21. The molecule has 6 heteroatoms. The average molecular weight is 322 g/mol. The van der Waals surface area contributed by atoms with Crippen molar-refractivity contribution < 1.29 is 9.13 Å². The fourth-order valence-corrected chi connectivity index (χ4v) is 2.33. The number of halogens is 2. The number of hydrogen-bond donors (Lipinski definition) is 1. The third-order valence-corrected chi connectivity index (χ3v) is 3.65. The Bertz CT molecular complexity index is 673. The third kappa shape index (κ3) is 1.95. The molecule has 0 spiro atoms. The van der Waals surface area contributed by atoms with E-state index in [4.69, 9.17) is 4.74 Å². The molecular weight excluding hydrogens is 313 g/mol. The van der Waals surface area contributed by atoms with Crippen LogP contribution in [0.1, 0.15) is 5.82 Å². The molecule has 0 bridgehead atoms. The summed E-state index contributed by atoms with van der Waals surface area (Å²) >= 11 is 3.31. The zero-order valence-electron chi connectivity index (χ0n) is 9.78. The van der Waals surface area contributed by atoms with Gasteiger partial charge in [0, 0.05) is 10.0 Å². The van der Waals surface area contributed by atoms with E-state index in [1.54, 1.807) is 12.1 Å². The Kier molecular flexibility index (Phi) is 2.88. The van der Waals surface area contributed by atoms with Crippen molar-refractivity contribution in [3.05, 3.63) is 40.5 Å². The predicted octanol–water partition coefficient (Wildman–Crippen LogP) is 2.77. The van der Waals surface area contributed by atoms with Crippen LogP contribution >= 0.6 is 15.9 Å². The van der Waals surface area contributed by atoms with Crippen molar-refractivity contribution in [1.29, 1.82) is 5.26 Å². The minimum absolute atomic E-state index is 0.317. The van der Waals surface area contributed by atoms with Gasteiger partial charge < -0.3 is 9.72 Å². The van der Waals surface area contributed by atoms with Crippen LogP contribution in [-0.2, 0) is 10.2 Å². The normalized spacial score (nSPS) is 16.7. The number of aromatic nitrogens is 2. The number of rotatable bonds is 2. The molecule has 2 aromatic rings. The largest absolute Gasteiger partial charge is 0.377 e. The molecule has 96 valence electrons. The van der Waals surface area contributed by atoms with Crippen molar-refractivity contribution in [2.75, 3.05) is 13.2 Å². The standard InChI is InChI=1S/C13H9BrFN3O/c14-8-1-2-10(15)9(3-8)11-4-17-12(18-11)13(5-16)6-19-7-13/h1-4H,6-7H2,(H,17,18). The van der Waals surface area contributed by atoms with Crippen LogP contribution in [0.3, 0.4) is 0 Å². The fourth-order valence-electron chi connectivity index (χ4n) is 1.97. The first-order valence-electron chi connectivity index (χ1n) is 5.64. The van der Waals surface area contributed by atoms with Crippen LogP contribution in [0, 0.1) is 17.1 Å². The van der Waals surface area contributed by atoms with Gasteiger partial charge in [0.15, 0.2) is 5.41 Å². The summed E-state index contributed by atoms with van der Waals surface area (Å²) in [7, 11) is 0. The molecule has 1 saturated heterocycles. The van der Waals surface area contributed by atoms with Crippen LogP contribution in [0.2, 0.25) is 0 Å². The van der Waals surface area contributed by atoms with Crippen LogP contribution < -0.4 is 0 Å². The van der Waals surface area contributed by atoms with Crippen molar-refractivity contribution in [1.82, 2.24) is 9.97 Å². The second-order valence-electron chi connectivity index (χ2n) is 4.46. The molecule has 0 atom stereocenters. The van der Waals surface area contributed by atoms with Gasteiger partial charge in [0.05, 0.1) is 31.2 Å². The summed E-state index contributed by atoms with van der Waals surface area (Å²) in [5.41, 5.74) is 0.248. The maximum atomic E-state index is 13.8. The molecule has 1 fully saturated rings. The highest BCUT2D eigenvalue weighted by molar-refractivity contribution is 9.10. The Hall–Kier alpha value is -1.71. The molecule has 3 rings (SSSR count). The molecule has 0 amide bonds. The van der Waals surface area contributed by atoms with E-state index in [2.05, 4.69) is 32.0 Å². The van der Waals surface area contributed by atoms with Gasteiger partial charge in [-0.15, -0.1) is 0 Å². The Balaban J connectivity index is 2.02. The van der Waals surface area contributed by atoms with E-state index in [0.29, 0.717) is 30.3 Å². The number of ether oxygens (including phenoxy) is 1. The van der Waals surface area contributed by atoms with Crippen LogP contribution in [0.5, 0.6) is 0 Å². The number of nitrogens with zero attached hydrogens (tertiary/aromatic N) is 2. The lowest BCUT2D eigenvalue weighted by Crippen LogP contribution is -2.46. The van der Waals surface area contributed by atoms with E-state index in [9.17, 15) is 9.65 Å². The quantitative estimate of drug-likeness (QED) is 0.925. The monoisotopic (exact) mass is 321 g/mol. The molecule has 4 nitrogen and oxygen atoms in total. The number of imidazole rings is 1. The summed E-state index contributed by atoms with van der Waals surface area (Å²) in [5.74, 6) is 0.185. The molecule has 19 heavy (non-hydrogen) atoms. The molecule has 1 aliphatic rings.